The van der Waals surface area contributed by atoms with Crippen LogP contribution in [0.25, 0.3) is 0 Å². The monoisotopic (exact) mass is 449 g/mol. The van der Waals surface area contributed by atoms with Crippen molar-refractivity contribution in [3.8, 4) is 0 Å². The van der Waals surface area contributed by atoms with E-state index in [1.807, 2.05) is 0 Å². The fraction of sp³-hybridized carbons (Fsp3) is 0.333. The standard InChI is InChI=1S/C24H20ClN3O4/c1-12(29)13-4-7-15(8-5-13)28-21(30)19-18-3-2-10-27(18)24(20(19)22(28)31)16-11-14(25)6-9-17(16)26-23(24)32/h4-9,11,18-20H,2-3,10H2,1H3,(H,26,32)/t18-,19+,20+,24-/m0/s1. The molecule has 4 aliphatic rings. The molecule has 8 heteroatoms. The summed E-state index contributed by atoms with van der Waals surface area (Å²) in [5, 5.41) is 3.41. The third kappa shape index (κ3) is 2.25. The molecule has 0 radical (unpaired) electrons. The number of hydrogen-bond donors (Lipinski definition) is 1. The van der Waals surface area contributed by atoms with Gasteiger partial charge >= 0.3 is 0 Å². The van der Waals surface area contributed by atoms with Gasteiger partial charge in [0.15, 0.2) is 5.78 Å². The van der Waals surface area contributed by atoms with Gasteiger partial charge in [-0.15, -0.1) is 0 Å². The number of benzene rings is 2. The summed E-state index contributed by atoms with van der Waals surface area (Å²) in [7, 11) is 0. The van der Waals surface area contributed by atoms with Gasteiger partial charge in [0.2, 0.25) is 17.7 Å². The lowest BCUT2D eigenvalue weighted by Gasteiger charge is -2.36. The molecule has 0 aromatic heterocycles. The fourth-order valence-electron chi connectivity index (χ4n) is 6.27. The average Bonchev–Trinajstić information content (AvgIpc) is 3.47. The number of hydrogen-bond acceptors (Lipinski definition) is 5. The van der Waals surface area contributed by atoms with Crippen LogP contribution in [0.15, 0.2) is 42.5 Å². The van der Waals surface area contributed by atoms with Crippen molar-refractivity contribution in [3.63, 3.8) is 0 Å². The molecule has 0 aliphatic carbocycles. The number of halogens is 1. The van der Waals surface area contributed by atoms with Gasteiger partial charge in [-0.2, -0.15) is 0 Å². The maximum absolute atomic E-state index is 13.8. The predicted molar refractivity (Wildman–Crippen MR) is 117 cm³/mol. The Balaban J connectivity index is 1.51. The molecule has 7 nitrogen and oxygen atoms in total. The third-order valence-electron chi connectivity index (χ3n) is 7.49. The van der Waals surface area contributed by atoms with Crippen molar-refractivity contribution in [2.75, 3.05) is 16.8 Å². The predicted octanol–water partition coefficient (Wildman–Crippen LogP) is 2.97. The lowest BCUT2D eigenvalue weighted by molar-refractivity contribution is -0.135. The molecule has 2 aromatic rings. The number of carbonyl (C=O) groups excluding carboxylic acids is 4. The van der Waals surface area contributed by atoms with Crippen molar-refractivity contribution in [3.05, 3.63) is 58.6 Å². The molecule has 32 heavy (non-hydrogen) atoms. The summed E-state index contributed by atoms with van der Waals surface area (Å²) in [4.78, 5) is 55.9. The van der Waals surface area contributed by atoms with Crippen LogP contribution in [0.3, 0.4) is 0 Å². The van der Waals surface area contributed by atoms with Crippen LogP contribution in [0.5, 0.6) is 0 Å². The van der Waals surface area contributed by atoms with E-state index in [1.54, 1.807) is 42.5 Å². The molecule has 4 aliphatic heterocycles. The lowest BCUT2D eigenvalue weighted by Crippen LogP contribution is -2.54. The first-order valence-electron chi connectivity index (χ1n) is 10.7. The second-order valence-electron chi connectivity index (χ2n) is 8.93. The Morgan fingerprint density at radius 3 is 2.56 bits per heavy atom. The molecule has 0 unspecified atom stereocenters. The second kappa shape index (κ2) is 6.49. The second-order valence-corrected chi connectivity index (χ2v) is 9.37. The molecule has 0 bridgehead atoms. The summed E-state index contributed by atoms with van der Waals surface area (Å²) >= 11 is 6.30. The number of carbonyl (C=O) groups is 4. The Bertz CT molecular complexity index is 1230. The molecule has 6 rings (SSSR count). The summed E-state index contributed by atoms with van der Waals surface area (Å²) in [6.07, 6.45) is 1.61. The molecule has 3 saturated heterocycles. The minimum Gasteiger partial charge on any atom is -0.324 e. The smallest absolute Gasteiger partial charge is 0.250 e. The number of rotatable bonds is 2. The Labute approximate surface area is 189 Å². The molecule has 1 spiro atoms. The van der Waals surface area contributed by atoms with Crippen LogP contribution in [0.1, 0.15) is 35.7 Å². The maximum atomic E-state index is 13.8. The molecule has 1 N–H and O–H groups in total. The van der Waals surface area contributed by atoms with Gasteiger partial charge in [0, 0.05) is 27.9 Å². The van der Waals surface area contributed by atoms with Crippen molar-refractivity contribution in [2.24, 2.45) is 11.8 Å². The summed E-state index contributed by atoms with van der Waals surface area (Å²) < 4.78 is 0. The van der Waals surface area contributed by atoms with Gasteiger partial charge in [-0.05, 0) is 68.8 Å². The van der Waals surface area contributed by atoms with Gasteiger partial charge in [-0.25, -0.2) is 4.90 Å². The van der Waals surface area contributed by atoms with Gasteiger partial charge in [-0.1, -0.05) is 11.6 Å². The fourth-order valence-corrected chi connectivity index (χ4v) is 6.45. The topological polar surface area (TPSA) is 86.8 Å². The van der Waals surface area contributed by atoms with E-state index in [2.05, 4.69) is 10.2 Å². The molecular weight excluding hydrogens is 430 g/mol. The molecule has 2 aromatic carbocycles. The van der Waals surface area contributed by atoms with Crippen LogP contribution >= 0.6 is 11.6 Å². The molecule has 0 saturated carbocycles. The SMILES string of the molecule is CC(=O)c1ccc(N2C(=O)[C@@H]3[C@@H]4CCCN4[C@]4(C(=O)Nc5ccc(Cl)cc54)[C@H]3C2=O)cc1. The van der Waals surface area contributed by atoms with E-state index in [9.17, 15) is 19.2 Å². The van der Waals surface area contributed by atoms with Crippen molar-refractivity contribution < 1.29 is 19.2 Å². The summed E-state index contributed by atoms with van der Waals surface area (Å²) in [6.45, 7) is 2.11. The summed E-state index contributed by atoms with van der Waals surface area (Å²) in [6, 6.07) is 11.5. The number of imide groups is 1. The van der Waals surface area contributed by atoms with Gasteiger partial charge in [0.1, 0.15) is 5.54 Å². The number of Topliss-reactive ketones (excluding diaryl/α,β-unsaturated/α-hetero) is 1. The molecule has 3 amide bonds. The van der Waals surface area contributed by atoms with E-state index in [1.165, 1.54) is 11.8 Å². The first-order chi connectivity index (χ1) is 15.4. The normalized spacial score (nSPS) is 30.6. The van der Waals surface area contributed by atoms with E-state index in [4.69, 9.17) is 11.6 Å². The highest BCUT2D eigenvalue weighted by molar-refractivity contribution is 6.31. The molecule has 4 atom stereocenters. The zero-order valence-electron chi connectivity index (χ0n) is 17.3. The Kier molecular flexibility index (Phi) is 3.99. The first kappa shape index (κ1) is 19.6. The number of amides is 3. The van der Waals surface area contributed by atoms with Crippen molar-refractivity contribution in [2.45, 2.75) is 31.3 Å². The number of nitrogens with one attached hydrogen (secondary N) is 1. The van der Waals surface area contributed by atoms with E-state index in [-0.39, 0.29) is 29.5 Å². The first-order valence-corrected chi connectivity index (χ1v) is 11.1. The van der Waals surface area contributed by atoms with Gasteiger partial charge in [-0.3, -0.25) is 24.1 Å². The minimum absolute atomic E-state index is 0.0934. The van der Waals surface area contributed by atoms with Crippen LogP contribution < -0.4 is 10.2 Å². The zero-order chi connectivity index (χ0) is 22.4. The quantitative estimate of drug-likeness (QED) is 0.562. The van der Waals surface area contributed by atoms with E-state index >= 15 is 0 Å². The Morgan fingerprint density at radius 2 is 1.84 bits per heavy atom. The number of anilines is 2. The number of nitrogens with zero attached hydrogens (tertiary/aromatic N) is 2. The molecule has 3 fully saturated rings. The van der Waals surface area contributed by atoms with Crippen LogP contribution in [-0.4, -0.2) is 41.0 Å². The van der Waals surface area contributed by atoms with E-state index < -0.39 is 17.4 Å². The number of ketones is 1. The maximum Gasteiger partial charge on any atom is 0.250 e. The van der Waals surface area contributed by atoms with Gasteiger partial charge < -0.3 is 5.32 Å². The van der Waals surface area contributed by atoms with Crippen LogP contribution in [-0.2, 0) is 19.9 Å². The van der Waals surface area contributed by atoms with E-state index in [0.717, 1.165) is 12.8 Å². The van der Waals surface area contributed by atoms with Gasteiger partial charge in [0.05, 0.1) is 17.5 Å². The minimum atomic E-state index is -1.24. The summed E-state index contributed by atoms with van der Waals surface area (Å²) in [5.74, 6) is -2.46. The Morgan fingerprint density at radius 1 is 1.09 bits per heavy atom. The highest BCUT2D eigenvalue weighted by atomic mass is 35.5. The summed E-state index contributed by atoms with van der Waals surface area (Å²) in [5.41, 5.74) is 0.987. The zero-order valence-corrected chi connectivity index (χ0v) is 18.1. The molecule has 4 heterocycles. The largest absolute Gasteiger partial charge is 0.324 e. The average molecular weight is 450 g/mol. The van der Waals surface area contributed by atoms with Crippen LogP contribution in [0.2, 0.25) is 5.02 Å². The Hall–Kier alpha value is -3.03. The van der Waals surface area contributed by atoms with Crippen LogP contribution in [0.4, 0.5) is 11.4 Å². The van der Waals surface area contributed by atoms with Gasteiger partial charge in [0.25, 0.3) is 0 Å². The molecule has 162 valence electrons. The van der Waals surface area contributed by atoms with Crippen molar-refractivity contribution >= 4 is 46.5 Å². The number of fused-ring (bicyclic) bond motifs is 7. The van der Waals surface area contributed by atoms with E-state index in [0.29, 0.717) is 34.1 Å². The van der Waals surface area contributed by atoms with Crippen molar-refractivity contribution in [1.82, 2.24) is 4.90 Å². The third-order valence-corrected chi connectivity index (χ3v) is 7.72. The lowest BCUT2D eigenvalue weighted by atomic mass is 9.75. The van der Waals surface area contributed by atoms with Crippen LogP contribution in [0, 0.1) is 11.8 Å². The highest BCUT2D eigenvalue weighted by Gasteiger charge is 2.74. The highest BCUT2D eigenvalue weighted by Crippen LogP contribution is 2.60. The molecular formula is C24H20ClN3O4. The van der Waals surface area contributed by atoms with Crippen molar-refractivity contribution in [1.29, 1.82) is 0 Å².